The van der Waals surface area contributed by atoms with Crippen molar-refractivity contribution in [2.75, 3.05) is 56.5 Å². The highest BCUT2D eigenvalue weighted by Gasteiger charge is 2.47. The summed E-state index contributed by atoms with van der Waals surface area (Å²) < 4.78 is 42.8. The van der Waals surface area contributed by atoms with Crippen molar-refractivity contribution in [2.24, 2.45) is 5.73 Å². The van der Waals surface area contributed by atoms with Crippen LogP contribution >= 0.6 is 7.60 Å². The second-order valence-electron chi connectivity index (χ2n) is 22.6. The lowest BCUT2D eigenvalue weighted by Crippen LogP contribution is -2.62. The highest BCUT2D eigenvalue weighted by molar-refractivity contribution is 7.91. The molecular formula is C57H68N11O16PS. The molecule has 0 unspecified atom stereocenters. The highest BCUT2D eigenvalue weighted by Crippen LogP contribution is 2.44. The van der Waals surface area contributed by atoms with E-state index in [-0.39, 0.29) is 122 Å². The van der Waals surface area contributed by atoms with E-state index in [1.54, 1.807) is 18.2 Å². The number of nitrogens with zero attached hydrogens (tertiary/aromatic N) is 5. The molecule has 0 bridgehead atoms. The van der Waals surface area contributed by atoms with Crippen molar-refractivity contribution in [1.82, 2.24) is 45.9 Å². The zero-order valence-corrected chi connectivity index (χ0v) is 48.9. The van der Waals surface area contributed by atoms with Crippen LogP contribution in [0.4, 0.5) is 5.69 Å². The van der Waals surface area contributed by atoms with Gasteiger partial charge in [-0.15, -0.1) is 0 Å². The van der Waals surface area contributed by atoms with Gasteiger partial charge >= 0.3 is 7.60 Å². The third-order valence-corrected chi connectivity index (χ3v) is 19.6. The fourth-order valence-electron chi connectivity index (χ4n) is 12.4. The van der Waals surface area contributed by atoms with Crippen molar-refractivity contribution in [1.29, 1.82) is 0 Å². The number of piperidine rings is 1. The smallest absolute Gasteiger partial charge is 0.396 e. The van der Waals surface area contributed by atoms with Gasteiger partial charge in [0.05, 0.1) is 28.9 Å². The van der Waals surface area contributed by atoms with E-state index in [4.69, 9.17) is 10.5 Å². The molecule has 0 spiro atoms. The van der Waals surface area contributed by atoms with Crippen LogP contribution in [0, 0.1) is 0 Å². The Hall–Kier alpha value is -8.04. The number of aromatic nitrogens is 1. The first-order valence-corrected chi connectivity index (χ1v) is 32.0. The number of hydrogen-bond donors (Lipinski definition) is 8. The van der Waals surface area contributed by atoms with Crippen molar-refractivity contribution in [2.45, 2.75) is 125 Å². The van der Waals surface area contributed by atoms with E-state index in [0.717, 1.165) is 11.3 Å². The molecule has 29 heteroatoms. The van der Waals surface area contributed by atoms with Crippen LogP contribution in [0.5, 0.6) is 5.75 Å². The minimum Gasteiger partial charge on any atom is -0.489 e. The molecule has 86 heavy (non-hydrogen) atoms. The SMILES string of the molecule is CCS(=O)(=O)c1ccc(CNC(=O)[C@H](CCC(N)=O)NC(=O)[C@@H]2CC[C@@H]3CCN(C(=O)CCCCN4CCN5c6ccc7c(c6OC[C@H]5C4)CN([C@H]4CCC(=O)NC4=O)C7=O)C[C@H](NC(=O)c4cc5cc(C(=O)P(=O)(O)O)ccc5[nH]4)C(=O)N32)cc1. The second-order valence-corrected chi connectivity index (χ2v) is 26.3. The van der Waals surface area contributed by atoms with E-state index in [9.17, 15) is 65.9 Å². The number of fused-ring (bicyclic) bond motifs is 7. The van der Waals surface area contributed by atoms with E-state index in [1.165, 1.54) is 58.0 Å². The Labute approximate surface area is 494 Å². The number of nitrogens with two attached hydrogens (primary N) is 1. The molecule has 6 aliphatic rings. The maximum Gasteiger partial charge on any atom is 0.396 e. The number of H-pyrrole nitrogens is 1. The number of unbranched alkanes of at least 4 members (excludes halogenated alkanes) is 1. The molecule has 0 aliphatic carbocycles. The Bertz CT molecular complexity index is 3590. The van der Waals surface area contributed by atoms with Crippen LogP contribution in [0.2, 0.25) is 0 Å². The summed E-state index contributed by atoms with van der Waals surface area (Å²) in [5.41, 5.74) is 6.61. The summed E-state index contributed by atoms with van der Waals surface area (Å²) in [4.78, 5) is 165. The van der Waals surface area contributed by atoms with Gasteiger partial charge in [0.15, 0.2) is 9.84 Å². The van der Waals surface area contributed by atoms with Crippen LogP contribution in [0.3, 0.4) is 0 Å². The maximum atomic E-state index is 15.0. The fourth-order valence-corrected chi connectivity index (χ4v) is 13.8. The predicted molar refractivity (Wildman–Crippen MR) is 307 cm³/mol. The zero-order chi connectivity index (χ0) is 61.4. The Morgan fingerprint density at radius 3 is 2.38 bits per heavy atom. The van der Waals surface area contributed by atoms with Crippen molar-refractivity contribution in [3.63, 3.8) is 0 Å². The van der Waals surface area contributed by atoms with Crippen LogP contribution in [-0.2, 0) is 61.1 Å². The van der Waals surface area contributed by atoms with E-state index in [0.29, 0.717) is 74.4 Å². The first kappa shape index (κ1) is 61.1. The molecule has 7 heterocycles. The van der Waals surface area contributed by atoms with Crippen LogP contribution in [0.1, 0.15) is 113 Å². The average molecular weight is 1230 g/mol. The summed E-state index contributed by atoms with van der Waals surface area (Å²) in [7, 11) is -8.61. The number of anilines is 1. The summed E-state index contributed by atoms with van der Waals surface area (Å²) in [5.74, 6) is -4.47. The van der Waals surface area contributed by atoms with Crippen LogP contribution < -0.4 is 36.6 Å². The molecule has 0 saturated carbocycles. The van der Waals surface area contributed by atoms with Crippen LogP contribution in [-0.4, -0.2) is 189 Å². The monoisotopic (exact) mass is 1230 g/mol. The largest absolute Gasteiger partial charge is 0.489 e. The lowest BCUT2D eigenvalue weighted by molar-refractivity contribution is -0.145. The minimum absolute atomic E-state index is 0.00403. The quantitative estimate of drug-likeness (QED) is 0.0340. The summed E-state index contributed by atoms with van der Waals surface area (Å²) in [6.45, 7) is 4.64. The van der Waals surface area contributed by atoms with Crippen molar-refractivity contribution in [3.05, 3.63) is 88.6 Å². The van der Waals surface area contributed by atoms with Gasteiger partial charge < -0.3 is 60.8 Å². The molecular weight excluding hydrogens is 1160 g/mol. The van der Waals surface area contributed by atoms with E-state index in [2.05, 4.69) is 36.1 Å². The lowest BCUT2D eigenvalue weighted by atomic mass is 10.0. The molecule has 4 fully saturated rings. The van der Waals surface area contributed by atoms with E-state index >= 15 is 4.79 Å². The summed E-state index contributed by atoms with van der Waals surface area (Å²) in [5, 5.41) is 10.8. The number of sulfone groups is 1. The third-order valence-electron chi connectivity index (χ3n) is 17.0. The standard InChI is InChI=1S/C57H68N11O16PS/c1-2-86(82,83)37-10-6-32(7-11-37)27-59-51(72)41(14-18-47(58)69)61-54(75)46-15-9-35-20-22-65(30-43(56(77)68(35)46)62-52(73)42-26-34-25-33(8-13-40(34)60-42)57(78)85(79,80)81)49(71)5-3-4-21-64-23-24-66-36(28-64)31-84-50-39-29-67(45-17-19-48(70)63-53(45)74)55(76)38(39)12-16-44(50)66/h6-8,10-13,16,25-26,35-36,41,43,45-46,60H,2-5,9,14-15,17-24,27-31H2,1H3,(H2,58,69)(H,59,72)(H,61,75)(H,62,73)(H,63,70,74)(H2,79,80,81)/t35-,36-,41+,43+,45+,46+/m1/s1. The molecule has 6 aliphatic heterocycles. The van der Waals surface area contributed by atoms with Gasteiger partial charge in [0.2, 0.25) is 41.4 Å². The number of amides is 9. The number of ether oxygens (including phenoxy) is 1. The van der Waals surface area contributed by atoms with Gasteiger partial charge in [0.1, 0.15) is 42.2 Å². The Balaban J connectivity index is 0.790. The second kappa shape index (κ2) is 25.1. The van der Waals surface area contributed by atoms with Crippen molar-refractivity contribution < 1.29 is 75.5 Å². The predicted octanol–water partition coefficient (Wildman–Crippen LogP) is 0.551. The van der Waals surface area contributed by atoms with E-state index in [1.807, 2.05) is 6.07 Å². The van der Waals surface area contributed by atoms with Gasteiger partial charge in [0, 0.05) is 92.2 Å². The third kappa shape index (κ3) is 13.0. The number of rotatable bonds is 20. The Morgan fingerprint density at radius 2 is 1.65 bits per heavy atom. The number of carbonyl (C=O) groups is 10. The van der Waals surface area contributed by atoms with Crippen molar-refractivity contribution >= 4 is 92.7 Å². The van der Waals surface area contributed by atoms with Gasteiger partial charge in [-0.25, -0.2) is 8.42 Å². The number of carbonyl (C=O) groups excluding carboxylic acids is 10. The number of piperazine rings is 1. The molecule has 4 aromatic rings. The zero-order valence-electron chi connectivity index (χ0n) is 47.2. The van der Waals surface area contributed by atoms with Gasteiger partial charge in [0.25, 0.3) is 17.3 Å². The number of nitrogens with one attached hydrogen (secondary N) is 5. The molecule has 0 radical (unpaired) electrons. The molecule has 9 amide bonds. The number of benzene rings is 3. The highest BCUT2D eigenvalue weighted by atomic mass is 32.2. The van der Waals surface area contributed by atoms with E-state index < -0.39 is 88.6 Å². The molecule has 4 saturated heterocycles. The minimum atomic E-state index is -5.14. The van der Waals surface area contributed by atoms with Gasteiger partial charge in [-0.3, -0.25) is 62.7 Å². The molecule has 6 atom stereocenters. The Morgan fingerprint density at radius 1 is 0.872 bits per heavy atom. The van der Waals surface area contributed by atoms with Gasteiger partial charge in [-0.05, 0) is 106 Å². The summed E-state index contributed by atoms with van der Waals surface area (Å²) in [6.07, 6.45) is 1.94. The van der Waals surface area contributed by atoms with Gasteiger partial charge in [-0.1, -0.05) is 19.1 Å². The number of hydrogen-bond acceptors (Lipinski definition) is 16. The fraction of sp³-hybridized carbons (Fsp3) is 0.474. The summed E-state index contributed by atoms with van der Waals surface area (Å²) in [6, 6.07) is 9.50. The lowest BCUT2D eigenvalue weighted by Gasteiger charge is -2.46. The maximum absolute atomic E-state index is 15.0. The van der Waals surface area contributed by atoms with Gasteiger partial charge in [-0.2, -0.15) is 0 Å². The number of aromatic amines is 1. The molecule has 3 aromatic carbocycles. The summed E-state index contributed by atoms with van der Waals surface area (Å²) >= 11 is 0. The van der Waals surface area contributed by atoms with Crippen molar-refractivity contribution in [3.8, 4) is 5.75 Å². The average Bonchev–Trinajstić information content (AvgIpc) is 1.76. The topological polar surface area (TPSA) is 378 Å². The normalized spacial score (nSPS) is 21.9. The van der Waals surface area contributed by atoms with Crippen LogP contribution in [0.25, 0.3) is 10.9 Å². The first-order valence-electron chi connectivity index (χ1n) is 28.7. The number of imide groups is 1. The Kier molecular flexibility index (Phi) is 17.8. The molecule has 27 nitrogen and oxygen atoms in total. The molecule has 9 N–H and O–H groups in total. The first-order chi connectivity index (χ1) is 41.0. The molecule has 1 aromatic heterocycles. The number of primary amides is 1. The molecule has 458 valence electrons. The van der Waals surface area contributed by atoms with Crippen LogP contribution in [0.15, 0.2) is 65.6 Å². The molecule has 10 rings (SSSR count).